The number of carbonyl (C=O) groups is 1. The number of allylic oxidation sites excluding steroid dienone is 1. The van der Waals surface area contributed by atoms with Gasteiger partial charge in [-0.1, -0.05) is 41.9 Å². The number of alkyl halides is 1. The Morgan fingerprint density at radius 2 is 1.59 bits per heavy atom. The van der Waals surface area contributed by atoms with Gasteiger partial charge in [0.05, 0.1) is 33.5 Å². The van der Waals surface area contributed by atoms with Crippen LogP contribution in [0.25, 0.3) is 6.08 Å². The predicted octanol–water partition coefficient (Wildman–Crippen LogP) is 6.09. The minimum Gasteiger partial charge on any atom is -0.493 e. The van der Waals surface area contributed by atoms with Gasteiger partial charge in [-0.2, -0.15) is 0 Å². The van der Waals surface area contributed by atoms with Crippen LogP contribution in [0.3, 0.4) is 0 Å². The van der Waals surface area contributed by atoms with Gasteiger partial charge in [0.1, 0.15) is 11.5 Å². The van der Waals surface area contributed by atoms with Gasteiger partial charge >= 0.3 is 0 Å². The molecule has 2 aromatic carbocycles. The van der Waals surface area contributed by atoms with Gasteiger partial charge in [-0.15, -0.1) is 0 Å². The lowest BCUT2D eigenvalue weighted by Crippen LogP contribution is -1.99. The molecule has 7 heteroatoms. The van der Waals surface area contributed by atoms with Crippen LogP contribution >= 0.6 is 22.6 Å². The van der Waals surface area contributed by atoms with Gasteiger partial charge in [0.25, 0.3) is 0 Å². The van der Waals surface area contributed by atoms with Gasteiger partial charge in [-0.05, 0) is 53.2 Å². The van der Waals surface area contributed by atoms with Crippen molar-refractivity contribution in [3.63, 3.8) is 0 Å². The Kier molecular flexibility index (Phi) is 9.08. The molecule has 0 fully saturated rings. The first-order chi connectivity index (χ1) is 15.6. The average Bonchev–Trinajstić information content (AvgIpc) is 3.12. The number of Topliss-reactive ketones (excluding diaryl/α,β-unsaturated/α-hetero) is 1. The number of rotatable bonds is 12. The topological polar surface area (TPSA) is 63.2 Å². The average molecular weight is 552 g/mol. The molecule has 6 nitrogen and oxygen atoms in total. The summed E-state index contributed by atoms with van der Waals surface area (Å²) < 4.78 is 29.1. The molecule has 0 saturated carbocycles. The number of hydrogen-bond donors (Lipinski definition) is 0. The number of hydrogen-bond acceptors (Lipinski definition) is 6. The second kappa shape index (κ2) is 12.0. The van der Waals surface area contributed by atoms with Gasteiger partial charge in [0, 0.05) is 6.07 Å². The van der Waals surface area contributed by atoms with Gasteiger partial charge in [-0.3, -0.25) is 4.79 Å². The molecule has 0 atom stereocenters. The van der Waals surface area contributed by atoms with Crippen molar-refractivity contribution < 1.29 is 28.5 Å². The minimum absolute atomic E-state index is 0.171. The van der Waals surface area contributed by atoms with E-state index in [2.05, 4.69) is 22.6 Å². The minimum atomic E-state index is -0.171. The Labute approximate surface area is 203 Å². The molecule has 1 aliphatic heterocycles. The highest BCUT2D eigenvalue weighted by Crippen LogP contribution is 2.40. The standard InChI is InChI=1S/C25H29IO6/c1-28-22-14-17(15-23(29-2)25(22)30-3)13-21-24(27)19-10-9-18(16-20(19)32-21)31-12-8-6-4-5-7-11-26/h9-10,13-16H,4-8,11-12H2,1-3H3/b21-13-. The first-order valence-electron chi connectivity index (χ1n) is 10.7. The lowest BCUT2D eigenvalue weighted by molar-refractivity contribution is 0.101. The van der Waals surface area contributed by atoms with Crippen molar-refractivity contribution in [2.24, 2.45) is 0 Å². The molecule has 0 aromatic heterocycles. The molecule has 0 radical (unpaired) electrons. The van der Waals surface area contributed by atoms with E-state index < -0.39 is 0 Å². The van der Waals surface area contributed by atoms with Gasteiger partial charge < -0.3 is 23.7 Å². The van der Waals surface area contributed by atoms with Gasteiger partial charge in [-0.25, -0.2) is 0 Å². The second-order valence-electron chi connectivity index (χ2n) is 7.36. The van der Waals surface area contributed by atoms with Crippen molar-refractivity contribution >= 4 is 34.5 Å². The van der Waals surface area contributed by atoms with Crippen LogP contribution in [0.1, 0.15) is 48.0 Å². The number of fused-ring (bicyclic) bond motifs is 1. The molecule has 0 unspecified atom stereocenters. The summed E-state index contributed by atoms with van der Waals surface area (Å²) in [7, 11) is 4.64. The van der Waals surface area contributed by atoms with Crippen molar-refractivity contribution in [3.8, 4) is 28.7 Å². The molecule has 0 spiro atoms. The van der Waals surface area contributed by atoms with Gasteiger partial charge in [0.15, 0.2) is 17.3 Å². The molecule has 0 bridgehead atoms. The third-order valence-corrected chi connectivity index (χ3v) is 5.94. The maximum absolute atomic E-state index is 12.8. The highest BCUT2D eigenvalue weighted by atomic mass is 127. The highest BCUT2D eigenvalue weighted by Gasteiger charge is 2.28. The van der Waals surface area contributed by atoms with E-state index in [4.69, 9.17) is 23.7 Å². The largest absolute Gasteiger partial charge is 0.493 e. The number of unbranched alkanes of at least 4 members (excludes halogenated alkanes) is 4. The van der Waals surface area contributed by atoms with Crippen molar-refractivity contribution in [3.05, 3.63) is 47.2 Å². The van der Waals surface area contributed by atoms with Crippen LogP contribution in [0.2, 0.25) is 0 Å². The number of carbonyl (C=O) groups excluding carboxylic acids is 1. The normalized spacial score (nSPS) is 13.6. The van der Waals surface area contributed by atoms with E-state index in [1.807, 2.05) is 6.07 Å². The summed E-state index contributed by atoms with van der Waals surface area (Å²) in [6.07, 6.45) is 7.65. The van der Waals surface area contributed by atoms with E-state index in [1.54, 1.807) is 51.7 Å². The van der Waals surface area contributed by atoms with Crippen molar-refractivity contribution in [2.45, 2.75) is 32.1 Å². The number of methoxy groups -OCH3 is 3. The fourth-order valence-corrected chi connectivity index (χ4v) is 4.05. The zero-order chi connectivity index (χ0) is 22.9. The monoisotopic (exact) mass is 552 g/mol. The fraction of sp³-hybridized carbons (Fsp3) is 0.400. The van der Waals surface area contributed by atoms with Crippen LogP contribution in [0, 0.1) is 0 Å². The Morgan fingerprint density at radius 1 is 0.906 bits per heavy atom. The molecular formula is C25H29IO6. The quantitative estimate of drug-likeness (QED) is 0.137. The Hall–Kier alpha value is -2.42. The summed E-state index contributed by atoms with van der Waals surface area (Å²) in [6.45, 7) is 0.658. The molecule has 2 aromatic rings. The predicted molar refractivity (Wildman–Crippen MR) is 133 cm³/mol. The number of ketones is 1. The second-order valence-corrected chi connectivity index (χ2v) is 8.44. The molecule has 32 heavy (non-hydrogen) atoms. The summed E-state index contributed by atoms with van der Waals surface area (Å²) in [5.74, 6) is 2.78. The summed E-state index contributed by atoms with van der Waals surface area (Å²) in [4.78, 5) is 12.8. The lowest BCUT2D eigenvalue weighted by atomic mass is 10.1. The van der Waals surface area contributed by atoms with Crippen molar-refractivity contribution in [1.29, 1.82) is 0 Å². The molecule has 0 aliphatic carbocycles. The fourth-order valence-electron chi connectivity index (χ4n) is 3.51. The Bertz CT molecular complexity index is 944. The van der Waals surface area contributed by atoms with E-state index in [0.29, 0.717) is 46.5 Å². The SMILES string of the molecule is COc1cc(/C=C2\Oc3cc(OCCCCCCCI)ccc3C2=O)cc(OC)c1OC. The zero-order valence-electron chi connectivity index (χ0n) is 18.7. The molecule has 0 amide bonds. The zero-order valence-corrected chi connectivity index (χ0v) is 20.9. The van der Waals surface area contributed by atoms with Crippen LogP contribution in [-0.2, 0) is 0 Å². The Morgan fingerprint density at radius 3 is 2.25 bits per heavy atom. The van der Waals surface area contributed by atoms with E-state index in [0.717, 1.165) is 12.8 Å². The maximum atomic E-state index is 12.8. The summed E-state index contributed by atoms with van der Waals surface area (Å²) >= 11 is 2.41. The highest BCUT2D eigenvalue weighted by molar-refractivity contribution is 14.1. The van der Waals surface area contributed by atoms with Crippen LogP contribution in [0.4, 0.5) is 0 Å². The van der Waals surface area contributed by atoms with E-state index >= 15 is 0 Å². The first kappa shape index (κ1) is 24.2. The van der Waals surface area contributed by atoms with Crippen molar-refractivity contribution in [2.75, 3.05) is 32.4 Å². The third kappa shape index (κ3) is 5.88. The summed E-state index contributed by atoms with van der Waals surface area (Å²) in [5, 5.41) is 0. The van der Waals surface area contributed by atoms with Crippen LogP contribution in [0.5, 0.6) is 28.7 Å². The molecule has 1 heterocycles. The Balaban J connectivity index is 1.68. The van der Waals surface area contributed by atoms with Crippen LogP contribution < -0.4 is 23.7 Å². The molecule has 0 N–H and O–H groups in total. The lowest BCUT2D eigenvalue weighted by Gasteiger charge is -2.13. The molecule has 1 aliphatic rings. The molecule has 3 rings (SSSR count). The molecule has 172 valence electrons. The smallest absolute Gasteiger partial charge is 0.231 e. The third-order valence-electron chi connectivity index (χ3n) is 5.17. The summed E-state index contributed by atoms with van der Waals surface area (Å²) in [5.41, 5.74) is 1.23. The number of halogens is 1. The molecule has 0 saturated heterocycles. The number of ether oxygens (including phenoxy) is 5. The van der Waals surface area contributed by atoms with E-state index in [1.165, 1.54) is 23.7 Å². The maximum Gasteiger partial charge on any atom is 0.231 e. The van der Waals surface area contributed by atoms with Crippen LogP contribution in [-0.4, -0.2) is 38.1 Å². The van der Waals surface area contributed by atoms with E-state index in [9.17, 15) is 4.79 Å². The molecular weight excluding hydrogens is 523 g/mol. The van der Waals surface area contributed by atoms with Crippen molar-refractivity contribution in [1.82, 2.24) is 0 Å². The first-order valence-corrected chi connectivity index (χ1v) is 12.2. The summed E-state index contributed by atoms with van der Waals surface area (Å²) in [6, 6.07) is 8.88. The van der Waals surface area contributed by atoms with E-state index in [-0.39, 0.29) is 11.5 Å². The van der Waals surface area contributed by atoms with Gasteiger partial charge in [0.2, 0.25) is 11.5 Å². The van der Waals surface area contributed by atoms with Crippen LogP contribution in [0.15, 0.2) is 36.1 Å². The number of benzene rings is 2.